The van der Waals surface area contributed by atoms with E-state index in [0.717, 1.165) is 18.1 Å². The number of esters is 1. The maximum absolute atomic E-state index is 11.1. The number of carbonyl (C=O) groups excluding carboxylic acids is 1. The molecule has 0 atom stereocenters. The van der Waals surface area contributed by atoms with Gasteiger partial charge in [0.15, 0.2) is 0 Å². The third kappa shape index (κ3) is 3.18. The zero-order valence-electron chi connectivity index (χ0n) is 9.93. The van der Waals surface area contributed by atoms with Gasteiger partial charge in [0.1, 0.15) is 5.82 Å². The summed E-state index contributed by atoms with van der Waals surface area (Å²) < 4.78 is 4.61. The molecule has 0 aliphatic rings. The van der Waals surface area contributed by atoms with Crippen molar-refractivity contribution in [2.24, 2.45) is 0 Å². The Morgan fingerprint density at radius 2 is 2.12 bits per heavy atom. The highest BCUT2D eigenvalue weighted by Gasteiger charge is 2.11. The number of nitrogens with zero attached hydrogens (tertiary/aromatic N) is 3. The molecule has 0 unspecified atom stereocenters. The number of ether oxygens (including phenoxy) is 1. The fourth-order valence-corrected chi connectivity index (χ4v) is 1.45. The first-order valence-electron chi connectivity index (χ1n) is 5.28. The molecule has 0 saturated heterocycles. The second-order valence-electron chi connectivity index (χ2n) is 3.37. The zero-order chi connectivity index (χ0) is 12.0. The summed E-state index contributed by atoms with van der Waals surface area (Å²) >= 11 is 0. The van der Waals surface area contributed by atoms with Gasteiger partial charge in [-0.15, -0.1) is 0 Å². The molecule has 5 nitrogen and oxygen atoms in total. The standard InChI is InChI=1S/C11H17N3O2/c1-4-14(8-5-10(15)16-3)11-9(2)12-6-7-13-11/h6-7H,4-5,8H2,1-3H3. The van der Waals surface area contributed by atoms with E-state index in [2.05, 4.69) is 14.7 Å². The molecule has 0 saturated carbocycles. The van der Waals surface area contributed by atoms with Crippen LogP contribution in [0.2, 0.25) is 0 Å². The van der Waals surface area contributed by atoms with Crippen LogP contribution in [-0.2, 0) is 9.53 Å². The number of carbonyl (C=O) groups is 1. The molecule has 0 aliphatic heterocycles. The summed E-state index contributed by atoms with van der Waals surface area (Å²) in [6, 6.07) is 0. The third-order valence-electron chi connectivity index (χ3n) is 2.35. The van der Waals surface area contributed by atoms with Gasteiger partial charge in [0, 0.05) is 25.5 Å². The number of aromatic nitrogens is 2. The molecule has 0 bridgehead atoms. The summed E-state index contributed by atoms with van der Waals surface area (Å²) in [5.74, 6) is 0.619. The average Bonchev–Trinajstić information content (AvgIpc) is 2.31. The zero-order valence-corrected chi connectivity index (χ0v) is 9.93. The van der Waals surface area contributed by atoms with Crippen LogP contribution in [-0.4, -0.2) is 36.1 Å². The van der Waals surface area contributed by atoms with E-state index in [9.17, 15) is 4.79 Å². The summed E-state index contributed by atoms with van der Waals surface area (Å²) in [5, 5.41) is 0. The smallest absolute Gasteiger partial charge is 0.307 e. The van der Waals surface area contributed by atoms with Crippen LogP contribution in [0.1, 0.15) is 19.0 Å². The molecule has 0 fully saturated rings. The first-order chi connectivity index (χ1) is 7.69. The summed E-state index contributed by atoms with van der Waals surface area (Å²) in [5.41, 5.74) is 0.870. The van der Waals surface area contributed by atoms with Gasteiger partial charge in [0.05, 0.1) is 19.2 Å². The third-order valence-corrected chi connectivity index (χ3v) is 2.35. The van der Waals surface area contributed by atoms with Crippen LogP contribution in [0, 0.1) is 6.92 Å². The Bertz CT molecular complexity index is 355. The van der Waals surface area contributed by atoms with Gasteiger partial charge in [-0.2, -0.15) is 0 Å². The van der Waals surface area contributed by atoms with E-state index in [1.165, 1.54) is 7.11 Å². The first-order valence-corrected chi connectivity index (χ1v) is 5.28. The average molecular weight is 223 g/mol. The molecule has 0 N–H and O–H groups in total. The molecule has 0 amide bonds. The maximum atomic E-state index is 11.1. The molecule has 5 heteroatoms. The van der Waals surface area contributed by atoms with Crippen LogP contribution in [0.5, 0.6) is 0 Å². The van der Waals surface area contributed by atoms with Crippen molar-refractivity contribution in [3.8, 4) is 0 Å². The molecule has 1 heterocycles. The molecule has 1 aromatic heterocycles. The van der Waals surface area contributed by atoms with Crippen molar-refractivity contribution in [2.75, 3.05) is 25.1 Å². The largest absolute Gasteiger partial charge is 0.469 e. The highest BCUT2D eigenvalue weighted by molar-refractivity contribution is 5.69. The lowest BCUT2D eigenvalue weighted by atomic mass is 10.3. The minimum Gasteiger partial charge on any atom is -0.469 e. The molecule has 0 aromatic carbocycles. The molecule has 0 spiro atoms. The monoisotopic (exact) mass is 223 g/mol. The molecule has 1 rings (SSSR count). The van der Waals surface area contributed by atoms with Crippen LogP contribution in [0.4, 0.5) is 5.82 Å². The van der Waals surface area contributed by atoms with Gasteiger partial charge in [-0.3, -0.25) is 9.78 Å². The maximum Gasteiger partial charge on any atom is 0.307 e. The van der Waals surface area contributed by atoms with E-state index in [1.807, 2.05) is 18.7 Å². The first kappa shape index (κ1) is 12.4. The Morgan fingerprint density at radius 3 is 2.69 bits per heavy atom. The van der Waals surface area contributed by atoms with Crippen LogP contribution in [0.3, 0.4) is 0 Å². The minimum atomic E-state index is -0.208. The Balaban J connectivity index is 2.68. The lowest BCUT2D eigenvalue weighted by Gasteiger charge is -2.22. The Labute approximate surface area is 95.5 Å². The fourth-order valence-electron chi connectivity index (χ4n) is 1.45. The minimum absolute atomic E-state index is 0.208. The highest BCUT2D eigenvalue weighted by atomic mass is 16.5. The Morgan fingerprint density at radius 1 is 1.44 bits per heavy atom. The van der Waals surface area contributed by atoms with Crippen LogP contribution in [0.15, 0.2) is 12.4 Å². The number of anilines is 1. The molecule has 0 radical (unpaired) electrons. The summed E-state index contributed by atoms with van der Waals surface area (Å²) in [6.45, 7) is 5.31. The SMILES string of the molecule is CCN(CCC(=O)OC)c1nccnc1C. The van der Waals surface area contributed by atoms with E-state index in [4.69, 9.17) is 0 Å². The quantitative estimate of drug-likeness (QED) is 0.701. The number of aryl methyl sites for hydroxylation is 1. The summed E-state index contributed by atoms with van der Waals surface area (Å²) in [6.07, 6.45) is 3.68. The van der Waals surface area contributed by atoms with Crippen molar-refractivity contribution >= 4 is 11.8 Å². The molecule has 1 aromatic rings. The lowest BCUT2D eigenvalue weighted by molar-refractivity contribution is -0.140. The number of hydrogen-bond donors (Lipinski definition) is 0. The van der Waals surface area contributed by atoms with Crippen molar-refractivity contribution < 1.29 is 9.53 Å². The lowest BCUT2D eigenvalue weighted by Crippen LogP contribution is -2.27. The number of rotatable bonds is 5. The number of hydrogen-bond acceptors (Lipinski definition) is 5. The predicted molar refractivity (Wildman–Crippen MR) is 61.3 cm³/mol. The topological polar surface area (TPSA) is 55.3 Å². The van der Waals surface area contributed by atoms with Gasteiger partial charge >= 0.3 is 5.97 Å². The molecular weight excluding hydrogens is 206 g/mol. The van der Waals surface area contributed by atoms with E-state index in [0.29, 0.717) is 13.0 Å². The van der Waals surface area contributed by atoms with Crippen LogP contribution in [0.25, 0.3) is 0 Å². The predicted octanol–water partition coefficient (Wildman–Crippen LogP) is 1.17. The van der Waals surface area contributed by atoms with Crippen molar-refractivity contribution in [3.05, 3.63) is 18.1 Å². The van der Waals surface area contributed by atoms with E-state index in [1.54, 1.807) is 12.4 Å². The van der Waals surface area contributed by atoms with Crippen molar-refractivity contribution in [3.63, 3.8) is 0 Å². The molecule has 88 valence electrons. The molecule has 16 heavy (non-hydrogen) atoms. The normalized spacial score (nSPS) is 9.94. The van der Waals surface area contributed by atoms with Crippen molar-refractivity contribution in [2.45, 2.75) is 20.3 Å². The number of methoxy groups -OCH3 is 1. The van der Waals surface area contributed by atoms with Crippen molar-refractivity contribution in [1.82, 2.24) is 9.97 Å². The van der Waals surface area contributed by atoms with Gasteiger partial charge in [0.25, 0.3) is 0 Å². The Kier molecular flexibility index (Phi) is 4.69. The Hall–Kier alpha value is -1.65. The molecular formula is C11H17N3O2. The highest BCUT2D eigenvalue weighted by Crippen LogP contribution is 2.13. The second-order valence-corrected chi connectivity index (χ2v) is 3.37. The molecule has 0 aliphatic carbocycles. The summed E-state index contributed by atoms with van der Waals surface area (Å²) in [7, 11) is 1.40. The van der Waals surface area contributed by atoms with Gasteiger partial charge in [-0.05, 0) is 13.8 Å². The van der Waals surface area contributed by atoms with E-state index >= 15 is 0 Å². The van der Waals surface area contributed by atoms with Gasteiger partial charge in [-0.25, -0.2) is 4.98 Å². The van der Waals surface area contributed by atoms with Gasteiger partial charge < -0.3 is 9.64 Å². The fraction of sp³-hybridized carbons (Fsp3) is 0.545. The second kappa shape index (κ2) is 6.05. The van der Waals surface area contributed by atoms with Gasteiger partial charge in [-0.1, -0.05) is 0 Å². The summed E-state index contributed by atoms with van der Waals surface area (Å²) in [4.78, 5) is 21.5. The van der Waals surface area contributed by atoms with Crippen LogP contribution < -0.4 is 4.90 Å². The van der Waals surface area contributed by atoms with E-state index < -0.39 is 0 Å². The van der Waals surface area contributed by atoms with Crippen molar-refractivity contribution in [1.29, 1.82) is 0 Å². The van der Waals surface area contributed by atoms with Gasteiger partial charge in [0.2, 0.25) is 0 Å². The van der Waals surface area contributed by atoms with Crippen LogP contribution >= 0.6 is 0 Å². The van der Waals surface area contributed by atoms with E-state index in [-0.39, 0.29) is 5.97 Å².